The number of carbonyl (C=O) groups excluding carboxylic acids is 1. The summed E-state index contributed by atoms with van der Waals surface area (Å²) >= 11 is 5.79. The van der Waals surface area contributed by atoms with E-state index in [1.807, 2.05) is 18.2 Å². The minimum absolute atomic E-state index is 0.0430. The van der Waals surface area contributed by atoms with Crippen molar-refractivity contribution in [1.29, 1.82) is 0 Å². The van der Waals surface area contributed by atoms with Crippen molar-refractivity contribution in [2.24, 2.45) is 0 Å². The van der Waals surface area contributed by atoms with Gasteiger partial charge in [-0.25, -0.2) is 0 Å². The Bertz CT molecular complexity index is 717. The highest BCUT2D eigenvalue weighted by molar-refractivity contribution is 6.32. The summed E-state index contributed by atoms with van der Waals surface area (Å²) in [6.45, 7) is 0.730. The molecule has 2 N–H and O–H groups in total. The fraction of sp³-hybridized carbons (Fsp3) is 0.188. The Morgan fingerprint density at radius 1 is 1.18 bits per heavy atom. The Morgan fingerprint density at radius 3 is 2.82 bits per heavy atom. The van der Waals surface area contributed by atoms with E-state index in [-0.39, 0.29) is 23.5 Å². The van der Waals surface area contributed by atoms with Gasteiger partial charge in [-0.3, -0.25) is 4.79 Å². The molecule has 1 aliphatic rings. The van der Waals surface area contributed by atoms with Crippen molar-refractivity contribution >= 4 is 17.5 Å². The van der Waals surface area contributed by atoms with E-state index < -0.39 is 0 Å². The summed E-state index contributed by atoms with van der Waals surface area (Å²) in [6, 6.07) is 10.1. The molecule has 22 heavy (non-hydrogen) atoms. The molecule has 5 nitrogen and oxygen atoms in total. The SMILES string of the molecule is O=C(NCCc1ccc2c(c1)OCO2)c1ccc(O)c(Cl)c1. The third kappa shape index (κ3) is 3.09. The summed E-state index contributed by atoms with van der Waals surface area (Å²) in [6.07, 6.45) is 0.675. The van der Waals surface area contributed by atoms with Gasteiger partial charge < -0.3 is 19.9 Å². The number of hydrogen-bond acceptors (Lipinski definition) is 4. The first-order valence-electron chi connectivity index (χ1n) is 6.79. The number of phenols is 1. The predicted molar refractivity (Wildman–Crippen MR) is 81.7 cm³/mol. The van der Waals surface area contributed by atoms with Crippen LogP contribution in [0.25, 0.3) is 0 Å². The number of fused-ring (bicyclic) bond motifs is 1. The summed E-state index contributed by atoms with van der Waals surface area (Å²) in [7, 11) is 0. The number of hydrogen-bond donors (Lipinski definition) is 2. The van der Waals surface area contributed by atoms with E-state index in [1.165, 1.54) is 18.2 Å². The molecule has 0 bridgehead atoms. The summed E-state index contributed by atoms with van der Waals surface area (Å²) in [5.74, 6) is 1.20. The summed E-state index contributed by atoms with van der Waals surface area (Å²) in [5, 5.41) is 12.3. The van der Waals surface area contributed by atoms with Crippen LogP contribution in [0.2, 0.25) is 5.02 Å². The van der Waals surface area contributed by atoms with Gasteiger partial charge in [0.25, 0.3) is 5.91 Å². The van der Waals surface area contributed by atoms with E-state index in [2.05, 4.69) is 5.32 Å². The van der Waals surface area contributed by atoms with Crippen LogP contribution < -0.4 is 14.8 Å². The zero-order valence-electron chi connectivity index (χ0n) is 11.6. The molecule has 0 aromatic heterocycles. The average Bonchev–Trinajstić information content (AvgIpc) is 2.97. The van der Waals surface area contributed by atoms with E-state index in [9.17, 15) is 9.90 Å². The van der Waals surface area contributed by atoms with Crippen LogP contribution in [-0.2, 0) is 6.42 Å². The molecule has 1 heterocycles. The molecule has 3 rings (SSSR count). The summed E-state index contributed by atoms with van der Waals surface area (Å²) < 4.78 is 10.6. The van der Waals surface area contributed by atoms with Gasteiger partial charge in [-0.2, -0.15) is 0 Å². The smallest absolute Gasteiger partial charge is 0.251 e. The summed E-state index contributed by atoms with van der Waals surface area (Å²) in [4.78, 5) is 12.0. The second kappa shape index (κ2) is 6.15. The fourth-order valence-electron chi connectivity index (χ4n) is 2.17. The fourth-order valence-corrected chi connectivity index (χ4v) is 2.35. The lowest BCUT2D eigenvalue weighted by molar-refractivity contribution is 0.0954. The van der Waals surface area contributed by atoms with Crippen molar-refractivity contribution in [1.82, 2.24) is 5.32 Å². The molecule has 2 aromatic carbocycles. The maximum absolute atomic E-state index is 12.0. The zero-order valence-corrected chi connectivity index (χ0v) is 12.4. The second-order valence-corrected chi connectivity index (χ2v) is 5.27. The molecule has 1 amide bonds. The molecule has 0 spiro atoms. The molecule has 0 saturated carbocycles. The highest BCUT2D eigenvalue weighted by Crippen LogP contribution is 2.32. The van der Waals surface area contributed by atoms with Gasteiger partial charge in [-0.05, 0) is 42.3 Å². The van der Waals surface area contributed by atoms with Gasteiger partial charge in [0, 0.05) is 12.1 Å². The number of phenolic OH excluding ortho intramolecular Hbond substituents is 1. The van der Waals surface area contributed by atoms with Gasteiger partial charge in [0.2, 0.25) is 6.79 Å². The van der Waals surface area contributed by atoms with Crippen molar-refractivity contribution < 1.29 is 19.4 Å². The van der Waals surface area contributed by atoms with Gasteiger partial charge in [0.15, 0.2) is 11.5 Å². The minimum atomic E-state index is -0.234. The highest BCUT2D eigenvalue weighted by Gasteiger charge is 2.13. The number of carbonyl (C=O) groups is 1. The first kappa shape index (κ1) is 14.5. The standard InChI is InChI=1S/C16H14ClNO4/c17-12-8-11(2-3-13(12)19)16(20)18-6-5-10-1-4-14-15(7-10)22-9-21-14/h1-4,7-8,19H,5-6,9H2,(H,18,20). The Balaban J connectivity index is 1.56. The first-order chi connectivity index (χ1) is 10.6. The molecule has 0 unspecified atom stereocenters. The molecule has 114 valence electrons. The normalized spacial score (nSPS) is 12.2. The van der Waals surface area contributed by atoms with Crippen LogP contribution in [0.15, 0.2) is 36.4 Å². The number of amides is 1. The Kier molecular flexibility index (Phi) is 4.06. The molecule has 0 radical (unpaired) electrons. The van der Waals surface area contributed by atoms with Gasteiger partial charge in [-0.1, -0.05) is 17.7 Å². The molecule has 1 aliphatic heterocycles. The maximum atomic E-state index is 12.0. The number of benzene rings is 2. The average molecular weight is 320 g/mol. The number of rotatable bonds is 4. The first-order valence-corrected chi connectivity index (χ1v) is 7.16. The number of nitrogens with one attached hydrogen (secondary N) is 1. The van der Waals surface area contributed by atoms with Crippen LogP contribution in [0.1, 0.15) is 15.9 Å². The Labute approximate surface area is 132 Å². The Hall–Kier alpha value is -2.40. The minimum Gasteiger partial charge on any atom is -0.506 e. The molecular formula is C16H14ClNO4. The lowest BCUT2D eigenvalue weighted by atomic mass is 10.1. The van der Waals surface area contributed by atoms with Gasteiger partial charge in [-0.15, -0.1) is 0 Å². The van der Waals surface area contributed by atoms with Crippen molar-refractivity contribution in [2.75, 3.05) is 13.3 Å². The lowest BCUT2D eigenvalue weighted by Gasteiger charge is -2.07. The van der Waals surface area contributed by atoms with Crippen molar-refractivity contribution in [3.8, 4) is 17.2 Å². The topological polar surface area (TPSA) is 67.8 Å². The summed E-state index contributed by atoms with van der Waals surface area (Å²) in [5.41, 5.74) is 1.46. The molecule has 6 heteroatoms. The molecule has 0 saturated heterocycles. The van der Waals surface area contributed by atoms with Gasteiger partial charge in [0.1, 0.15) is 5.75 Å². The van der Waals surface area contributed by atoms with E-state index in [1.54, 1.807) is 0 Å². The quantitative estimate of drug-likeness (QED) is 0.909. The maximum Gasteiger partial charge on any atom is 0.251 e. The Morgan fingerprint density at radius 2 is 2.00 bits per heavy atom. The molecule has 0 aliphatic carbocycles. The number of ether oxygens (including phenoxy) is 2. The molecule has 0 atom stereocenters. The molecule has 0 fully saturated rings. The van der Waals surface area contributed by atoms with E-state index in [0.29, 0.717) is 18.5 Å². The van der Waals surface area contributed by atoms with Gasteiger partial charge in [0.05, 0.1) is 5.02 Å². The van der Waals surface area contributed by atoms with Crippen LogP contribution in [0.3, 0.4) is 0 Å². The van der Waals surface area contributed by atoms with E-state index >= 15 is 0 Å². The van der Waals surface area contributed by atoms with Crippen LogP contribution >= 0.6 is 11.6 Å². The molecular weight excluding hydrogens is 306 g/mol. The van der Waals surface area contributed by atoms with Gasteiger partial charge >= 0.3 is 0 Å². The van der Waals surface area contributed by atoms with Crippen molar-refractivity contribution in [3.05, 3.63) is 52.5 Å². The van der Waals surface area contributed by atoms with Crippen molar-refractivity contribution in [3.63, 3.8) is 0 Å². The zero-order chi connectivity index (χ0) is 15.5. The van der Waals surface area contributed by atoms with Crippen LogP contribution in [0.4, 0.5) is 0 Å². The number of aromatic hydroxyl groups is 1. The van der Waals surface area contributed by atoms with Crippen LogP contribution in [0.5, 0.6) is 17.2 Å². The van der Waals surface area contributed by atoms with E-state index in [4.69, 9.17) is 21.1 Å². The van der Waals surface area contributed by atoms with Crippen molar-refractivity contribution in [2.45, 2.75) is 6.42 Å². The van der Waals surface area contributed by atoms with Crippen LogP contribution in [-0.4, -0.2) is 24.4 Å². The largest absolute Gasteiger partial charge is 0.506 e. The highest BCUT2D eigenvalue weighted by atomic mass is 35.5. The number of halogens is 1. The second-order valence-electron chi connectivity index (χ2n) is 4.86. The predicted octanol–water partition coefficient (Wildman–Crippen LogP) is 2.75. The molecule has 2 aromatic rings. The third-order valence-corrected chi connectivity index (χ3v) is 3.65. The monoisotopic (exact) mass is 319 g/mol. The van der Waals surface area contributed by atoms with Crippen LogP contribution in [0, 0.1) is 0 Å². The third-order valence-electron chi connectivity index (χ3n) is 3.35. The van der Waals surface area contributed by atoms with E-state index in [0.717, 1.165) is 17.1 Å². The lowest BCUT2D eigenvalue weighted by Crippen LogP contribution is -2.25.